The van der Waals surface area contributed by atoms with Crippen molar-refractivity contribution in [2.24, 2.45) is 5.92 Å². The van der Waals surface area contributed by atoms with Gasteiger partial charge in [-0.3, -0.25) is 4.79 Å². The van der Waals surface area contributed by atoms with Crippen molar-refractivity contribution < 1.29 is 14.7 Å². The fourth-order valence-electron chi connectivity index (χ4n) is 1.69. The van der Waals surface area contributed by atoms with Gasteiger partial charge in [-0.05, 0) is 18.4 Å². The van der Waals surface area contributed by atoms with Crippen LogP contribution in [0.25, 0.3) is 0 Å². The number of carbonyl (C=O) groups is 2. The van der Waals surface area contributed by atoms with Crippen molar-refractivity contribution >= 4 is 11.9 Å². The summed E-state index contributed by atoms with van der Waals surface area (Å²) in [5, 5.41) is 11.2. The average molecular weight is 235 g/mol. The van der Waals surface area contributed by atoms with Gasteiger partial charge in [-0.15, -0.1) is 0 Å². The zero-order chi connectivity index (χ0) is 13.0. The van der Waals surface area contributed by atoms with Crippen molar-refractivity contribution in [1.29, 1.82) is 0 Å². The van der Waals surface area contributed by atoms with Gasteiger partial charge in [0.2, 0.25) is 0 Å². The predicted octanol–water partition coefficient (Wildman–Crippen LogP) is 2.85. The smallest absolute Gasteiger partial charge is 0.405 e. The molecule has 1 amide bonds. The minimum absolute atomic E-state index is 0.00356. The zero-order valence-corrected chi connectivity index (χ0v) is 10.2. The van der Waals surface area contributed by atoms with Gasteiger partial charge in [0, 0.05) is 5.56 Å². The lowest BCUT2D eigenvalue weighted by Gasteiger charge is -2.21. The van der Waals surface area contributed by atoms with Crippen LogP contribution < -0.4 is 5.32 Å². The van der Waals surface area contributed by atoms with Gasteiger partial charge >= 0.3 is 6.09 Å². The molecule has 0 aliphatic heterocycles. The molecule has 0 aromatic heterocycles. The van der Waals surface area contributed by atoms with Crippen molar-refractivity contribution in [1.82, 2.24) is 5.32 Å². The van der Waals surface area contributed by atoms with Crippen LogP contribution in [-0.4, -0.2) is 17.0 Å². The summed E-state index contributed by atoms with van der Waals surface area (Å²) in [6.45, 7) is 5.39. The molecule has 1 unspecified atom stereocenters. The Kier molecular flexibility index (Phi) is 4.26. The van der Waals surface area contributed by atoms with Gasteiger partial charge in [0.1, 0.15) is 0 Å². The largest absolute Gasteiger partial charge is 0.465 e. The maximum atomic E-state index is 11.1. The Morgan fingerprint density at radius 2 is 1.71 bits per heavy atom. The first-order valence-electron chi connectivity index (χ1n) is 5.52. The molecule has 0 bridgehead atoms. The number of ketones is 1. The minimum atomic E-state index is -1.04. The van der Waals surface area contributed by atoms with Crippen LogP contribution in [0.5, 0.6) is 0 Å². The first kappa shape index (κ1) is 13.2. The van der Waals surface area contributed by atoms with Crippen molar-refractivity contribution in [3.05, 3.63) is 35.4 Å². The molecule has 92 valence electrons. The Bertz CT molecular complexity index is 409. The number of nitrogens with one attached hydrogen (secondary N) is 1. The molecule has 1 aromatic carbocycles. The van der Waals surface area contributed by atoms with Crippen molar-refractivity contribution in [2.45, 2.75) is 26.8 Å². The number of amides is 1. The van der Waals surface area contributed by atoms with Crippen LogP contribution in [0.3, 0.4) is 0 Å². The van der Waals surface area contributed by atoms with Gasteiger partial charge in [0.05, 0.1) is 6.04 Å². The van der Waals surface area contributed by atoms with E-state index in [0.29, 0.717) is 5.56 Å². The van der Waals surface area contributed by atoms with Gasteiger partial charge < -0.3 is 10.4 Å². The molecule has 0 saturated carbocycles. The normalized spacial score (nSPS) is 12.2. The molecule has 1 atom stereocenters. The fraction of sp³-hybridized carbons (Fsp3) is 0.385. The van der Waals surface area contributed by atoms with Crippen LogP contribution in [0.1, 0.15) is 42.7 Å². The van der Waals surface area contributed by atoms with Crippen LogP contribution in [0.15, 0.2) is 24.3 Å². The molecule has 17 heavy (non-hydrogen) atoms. The molecular weight excluding hydrogens is 218 g/mol. The highest BCUT2D eigenvalue weighted by molar-refractivity contribution is 5.94. The fourth-order valence-corrected chi connectivity index (χ4v) is 1.69. The van der Waals surface area contributed by atoms with E-state index in [-0.39, 0.29) is 17.7 Å². The van der Waals surface area contributed by atoms with E-state index in [2.05, 4.69) is 5.32 Å². The number of benzene rings is 1. The Balaban J connectivity index is 2.95. The lowest BCUT2D eigenvalue weighted by atomic mass is 9.95. The molecule has 0 aliphatic carbocycles. The second-order valence-corrected chi connectivity index (χ2v) is 4.35. The number of Topliss-reactive ketones (excluding diaryl/α,β-unsaturated/α-hetero) is 1. The summed E-state index contributed by atoms with van der Waals surface area (Å²) < 4.78 is 0. The second kappa shape index (κ2) is 5.48. The van der Waals surface area contributed by atoms with E-state index in [9.17, 15) is 9.59 Å². The summed E-state index contributed by atoms with van der Waals surface area (Å²) in [6, 6.07) is 6.76. The molecule has 0 heterocycles. The van der Waals surface area contributed by atoms with E-state index in [1.54, 1.807) is 24.3 Å². The van der Waals surface area contributed by atoms with Crippen molar-refractivity contribution in [3.8, 4) is 0 Å². The summed E-state index contributed by atoms with van der Waals surface area (Å²) in [5.74, 6) is 0.151. The monoisotopic (exact) mass is 235 g/mol. The second-order valence-electron chi connectivity index (χ2n) is 4.35. The topological polar surface area (TPSA) is 66.4 Å². The molecule has 1 rings (SSSR count). The standard InChI is InChI=1S/C13H17NO3/c1-8(2)12(14-13(16)17)11-6-4-10(5-7-11)9(3)15/h4-8,12,14H,1-3H3,(H,16,17). The van der Waals surface area contributed by atoms with E-state index in [1.165, 1.54) is 6.92 Å². The highest BCUT2D eigenvalue weighted by atomic mass is 16.4. The molecule has 0 aliphatic rings. The molecule has 0 spiro atoms. The summed E-state index contributed by atoms with van der Waals surface area (Å²) in [6.07, 6.45) is -1.04. The molecule has 2 N–H and O–H groups in total. The summed E-state index contributed by atoms with van der Waals surface area (Å²) in [5.41, 5.74) is 1.50. The maximum absolute atomic E-state index is 11.1. The number of carbonyl (C=O) groups excluding carboxylic acids is 1. The van der Waals surface area contributed by atoms with E-state index in [0.717, 1.165) is 5.56 Å². The van der Waals surface area contributed by atoms with Crippen LogP contribution >= 0.6 is 0 Å². The zero-order valence-electron chi connectivity index (χ0n) is 10.2. The van der Waals surface area contributed by atoms with Gasteiger partial charge in [-0.25, -0.2) is 4.79 Å². The number of carboxylic acid groups (broad SMARTS) is 1. The van der Waals surface area contributed by atoms with Crippen LogP contribution in [0.4, 0.5) is 4.79 Å². The first-order valence-corrected chi connectivity index (χ1v) is 5.52. The minimum Gasteiger partial charge on any atom is -0.465 e. The lowest BCUT2D eigenvalue weighted by molar-refractivity contribution is 0.101. The lowest BCUT2D eigenvalue weighted by Crippen LogP contribution is -2.30. The highest BCUT2D eigenvalue weighted by Crippen LogP contribution is 2.22. The molecular formula is C13H17NO3. The van der Waals surface area contributed by atoms with Crippen molar-refractivity contribution in [2.75, 3.05) is 0 Å². The summed E-state index contributed by atoms with van der Waals surface area (Å²) in [7, 11) is 0. The highest BCUT2D eigenvalue weighted by Gasteiger charge is 2.17. The molecule has 0 fully saturated rings. The third-order valence-electron chi connectivity index (χ3n) is 2.62. The van der Waals surface area contributed by atoms with E-state index in [1.807, 2.05) is 13.8 Å². The van der Waals surface area contributed by atoms with Crippen LogP contribution in [0.2, 0.25) is 0 Å². The molecule has 4 nitrogen and oxygen atoms in total. The van der Waals surface area contributed by atoms with E-state index < -0.39 is 6.09 Å². The third kappa shape index (κ3) is 3.59. The molecule has 4 heteroatoms. The summed E-state index contributed by atoms with van der Waals surface area (Å²) >= 11 is 0. The van der Waals surface area contributed by atoms with Gasteiger partial charge in [-0.1, -0.05) is 38.1 Å². The van der Waals surface area contributed by atoms with Gasteiger partial charge in [0.15, 0.2) is 5.78 Å². The quantitative estimate of drug-likeness (QED) is 0.788. The van der Waals surface area contributed by atoms with E-state index >= 15 is 0 Å². The average Bonchev–Trinajstić information content (AvgIpc) is 2.25. The maximum Gasteiger partial charge on any atom is 0.405 e. The van der Waals surface area contributed by atoms with Gasteiger partial charge in [-0.2, -0.15) is 0 Å². The molecule has 1 aromatic rings. The van der Waals surface area contributed by atoms with Gasteiger partial charge in [0.25, 0.3) is 0 Å². The first-order chi connectivity index (χ1) is 7.91. The Labute approximate surface area is 101 Å². The number of hydrogen-bond donors (Lipinski definition) is 2. The van der Waals surface area contributed by atoms with Crippen LogP contribution in [0, 0.1) is 5.92 Å². The summed E-state index contributed by atoms with van der Waals surface area (Å²) in [4.78, 5) is 21.8. The third-order valence-corrected chi connectivity index (χ3v) is 2.62. The number of hydrogen-bond acceptors (Lipinski definition) is 2. The molecule has 0 saturated heterocycles. The SMILES string of the molecule is CC(=O)c1ccc(C(NC(=O)O)C(C)C)cc1. The Morgan fingerprint density at radius 3 is 2.06 bits per heavy atom. The predicted molar refractivity (Wildman–Crippen MR) is 65.2 cm³/mol. The Hall–Kier alpha value is -1.84. The number of rotatable bonds is 4. The molecule has 0 radical (unpaired) electrons. The van der Waals surface area contributed by atoms with Crippen molar-refractivity contribution in [3.63, 3.8) is 0 Å². The van der Waals surface area contributed by atoms with E-state index in [4.69, 9.17) is 5.11 Å². The van der Waals surface area contributed by atoms with Crippen LogP contribution in [-0.2, 0) is 0 Å². The Morgan fingerprint density at radius 1 is 1.18 bits per heavy atom.